The van der Waals surface area contributed by atoms with Gasteiger partial charge in [-0.2, -0.15) is 9.78 Å². The van der Waals surface area contributed by atoms with Gasteiger partial charge in [-0.3, -0.25) is 4.79 Å². The molecule has 1 amide bonds. The number of rotatable bonds is 2. The summed E-state index contributed by atoms with van der Waals surface area (Å²) in [6, 6.07) is 9.55. The lowest BCUT2D eigenvalue weighted by Gasteiger charge is -2.24. The second kappa shape index (κ2) is 5.93. The van der Waals surface area contributed by atoms with Gasteiger partial charge >= 0.3 is 0 Å². The average Bonchev–Trinajstić information content (AvgIpc) is 2.91. The van der Waals surface area contributed by atoms with E-state index in [0.29, 0.717) is 11.6 Å². The summed E-state index contributed by atoms with van der Waals surface area (Å²) in [6.07, 6.45) is 0.231. The third-order valence-electron chi connectivity index (χ3n) is 4.19. The first-order valence-electron chi connectivity index (χ1n) is 7.67. The van der Waals surface area contributed by atoms with Crippen molar-refractivity contribution in [1.82, 2.24) is 20.0 Å². The molecule has 1 atom stereocenters. The molecule has 2 aromatic heterocycles. The van der Waals surface area contributed by atoms with Crippen LogP contribution in [0.5, 0.6) is 0 Å². The standard InChI is InChI=1S/C17H13ClFN5O/c1-9-16-12(10-3-2-4-11(19)7-10)8-15(25)20-17(16)24(23-9)14-6-5-13(18)21-22-14/h2-7,12H,8H2,1H3,(H,20,25). The fourth-order valence-corrected chi connectivity index (χ4v) is 3.24. The van der Waals surface area contributed by atoms with Crippen molar-refractivity contribution < 1.29 is 9.18 Å². The normalized spacial score (nSPS) is 16.4. The lowest BCUT2D eigenvalue weighted by molar-refractivity contribution is -0.116. The minimum atomic E-state index is -0.335. The number of carbonyl (C=O) groups excluding carboxylic acids is 1. The summed E-state index contributed by atoms with van der Waals surface area (Å²) in [4.78, 5) is 12.2. The van der Waals surface area contributed by atoms with Gasteiger partial charge < -0.3 is 5.32 Å². The van der Waals surface area contributed by atoms with Crippen molar-refractivity contribution >= 4 is 23.3 Å². The second-order valence-electron chi connectivity index (χ2n) is 5.83. The van der Waals surface area contributed by atoms with Crippen LogP contribution in [0.25, 0.3) is 5.82 Å². The highest BCUT2D eigenvalue weighted by Crippen LogP contribution is 2.40. The van der Waals surface area contributed by atoms with Crippen LogP contribution < -0.4 is 5.32 Å². The molecule has 6 nitrogen and oxygen atoms in total. The number of aromatic nitrogens is 4. The number of benzene rings is 1. The monoisotopic (exact) mass is 357 g/mol. The fourth-order valence-electron chi connectivity index (χ4n) is 3.14. The Labute approximate surface area is 147 Å². The fraction of sp³-hybridized carbons (Fsp3) is 0.176. The second-order valence-corrected chi connectivity index (χ2v) is 6.22. The van der Waals surface area contributed by atoms with Crippen molar-refractivity contribution in [3.8, 4) is 5.82 Å². The highest BCUT2D eigenvalue weighted by molar-refractivity contribution is 6.29. The summed E-state index contributed by atoms with van der Waals surface area (Å²) in [5.41, 5.74) is 2.32. The molecule has 1 aliphatic rings. The van der Waals surface area contributed by atoms with Crippen molar-refractivity contribution in [3.05, 3.63) is 64.2 Å². The van der Waals surface area contributed by atoms with Gasteiger partial charge in [0.1, 0.15) is 11.6 Å². The summed E-state index contributed by atoms with van der Waals surface area (Å²) in [6.45, 7) is 1.85. The zero-order valence-electron chi connectivity index (χ0n) is 13.2. The number of nitrogens with zero attached hydrogens (tertiary/aromatic N) is 4. The lowest BCUT2D eigenvalue weighted by atomic mass is 9.86. The van der Waals surface area contributed by atoms with Crippen molar-refractivity contribution in [2.75, 3.05) is 5.32 Å². The molecule has 3 aromatic rings. The van der Waals surface area contributed by atoms with Crippen molar-refractivity contribution in [1.29, 1.82) is 0 Å². The molecule has 0 saturated heterocycles. The van der Waals surface area contributed by atoms with E-state index in [9.17, 15) is 9.18 Å². The molecule has 3 heterocycles. The SMILES string of the molecule is Cc1nn(-c2ccc(Cl)nn2)c2c1C(c1cccc(F)c1)CC(=O)N2. The Morgan fingerprint density at radius 1 is 1.28 bits per heavy atom. The molecule has 8 heteroatoms. The molecule has 1 aromatic carbocycles. The molecule has 0 bridgehead atoms. The Morgan fingerprint density at radius 3 is 2.84 bits per heavy atom. The molecule has 25 heavy (non-hydrogen) atoms. The van der Waals surface area contributed by atoms with Crippen LogP contribution in [0.4, 0.5) is 10.2 Å². The molecule has 0 radical (unpaired) electrons. The summed E-state index contributed by atoms with van der Waals surface area (Å²) in [5.74, 6) is 0.200. The predicted molar refractivity (Wildman–Crippen MR) is 90.4 cm³/mol. The van der Waals surface area contributed by atoms with Crippen LogP contribution in [0.15, 0.2) is 36.4 Å². The first-order valence-corrected chi connectivity index (χ1v) is 8.05. The Bertz CT molecular complexity index is 970. The van der Waals surface area contributed by atoms with Gasteiger partial charge in [-0.25, -0.2) is 4.39 Å². The smallest absolute Gasteiger partial charge is 0.226 e. The van der Waals surface area contributed by atoms with Crippen LogP contribution in [0.2, 0.25) is 5.15 Å². The number of hydrogen-bond acceptors (Lipinski definition) is 4. The van der Waals surface area contributed by atoms with Crippen molar-refractivity contribution in [2.45, 2.75) is 19.3 Å². The summed E-state index contributed by atoms with van der Waals surface area (Å²) >= 11 is 5.78. The number of amides is 1. The molecule has 1 N–H and O–H groups in total. The predicted octanol–water partition coefficient (Wildman–Crippen LogP) is 3.24. The van der Waals surface area contributed by atoms with Gasteiger partial charge in [0.15, 0.2) is 11.0 Å². The van der Waals surface area contributed by atoms with Crippen LogP contribution in [0, 0.1) is 12.7 Å². The zero-order chi connectivity index (χ0) is 17.6. The molecule has 126 valence electrons. The Morgan fingerprint density at radius 2 is 2.12 bits per heavy atom. The molecule has 4 rings (SSSR count). The van der Waals surface area contributed by atoms with Gasteiger partial charge in [-0.15, -0.1) is 10.2 Å². The Hall–Kier alpha value is -2.80. The largest absolute Gasteiger partial charge is 0.310 e. The molecule has 0 fully saturated rings. The van der Waals surface area contributed by atoms with Gasteiger partial charge in [0.05, 0.1) is 5.69 Å². The summed E-state index contributed by atoms with van der Waals surface area (Å²) in [5, 5.41) is 15.4. The molecule has 0 saturated carbocycles. The van der Waals surface area contributed by atoms with Crippen LogP contribution >= 0.6 is 11.6 Å². The number of nitrogens with one attached hydrogen (secondary N) is 1. The third kappa shape index (κ3) is 2.76. The number of fused-ring (bicyclic) bond motifs is 1. The van der Waals surface area contributed by atoms with E-state index in [4.69, 9.17) is 11.6 Å². The van der Waals surface area contributed by atoms with Crippen LogP contribution in [-0.4, -0.2) is 25.9 Å². The molecule has 1 unspecified atom stereocenters. The van der Waals surface area contributed by atoms with E-state index in [-0.39, 0.29) is 29.2 Å². The van der Waals surface area contributed by atoms with E-state index in [1.807, 2.05) is 13.0 Å². The van der Waals surface area contributed by atoms with Gasteiger partial charge in [-0.1, -0.05) is 23.7 Å². The number of carbonyl (C=O) groups is 1. The van der Waals surface area contributed by atoms with Gasteiger partial charge in [0, 0.05) is 17.9 Å². The van der Waals surface area contributed by atoms with Gasteiger partial charge in [-0.05, 0) is 36.8 Å². The maximum atomic E-state index is 13.7. The van der Waals surface area contributed by atoms with Gasteiger partial charge in [0.25, 0.3) is 0 Å². The maximum absolute atomic E-state index is 13.7. The first-order chi connectivity index (χ1) is 12.0. The van der Waals surface area contributed by atoms with E-state index >= 15 is 0 Å². The molecule has 0 spiro atoms. The van der Waals surface area contributed by atoms with E-state index < -0.39 is 0 Å². The summed E-state index contributed by atoms with van der Waals surface area (Å²) < 4.78 is 15.2. The minimum absolute atomic E-state index is 0.162. The van der Waals surface area contributed by atoms with Crippen molar-refractivity contribution in [2.24, 2.45) is 0 Å². The number of aryl methyl sites for hydroxylation is 1. The molecule has 1 aliphatic heterocycles. The topological polar surface area (TPSA) is 72.7 Å². The lowest BCUT2D eigenvalue weighted by Crippen LogP contribution is -2.25. The molecular weight excluding hydrogens is 345 g/mol. The Balaban J connectivity index is 1.87. The number of anilines is 1. The highest BCUT2D eigenvalue weighted by atomic mass is 35.5. The third-order valence-corrected chi connectivity index (χ3v) is 4.39. The van der Waals surface area contributed by atoms with Gasteiger partial charge in [0.2, 0.25) is 5.91 Å². The summed E-state index contributed by atoms with van der Waals surface area (Å²) in [7, 11) is 0. The molecular formula is C17H13ClFN5O. The van der Waals surface area contributed by atoms with E-state index in [1.54, 1.807) is 18.2 Å². The van der Waals surface area contributed by atoms with E-state index in [2.05, 4.69) is 20.6 Å². The van der Waals surface area contributed by atoms with E-state index in [1.165, 1.54) is 16.8 Å². The Kier molecular flexibility index (Phi) is 3.73. The van der Waals surface area contributed by atoms with Crippen LogP contribution in [-0.2, 0) is 4.79 Å². The van der Waals surface area contributed by atoms with E-state index in [0.717, 1.165) is 16.8 Å². The molecule has 0 aliphatic carbocycles. The zero-order valence-corrected chi connectivity index (χ0v) is 14.0. The average molecular weight is 358 g/mol. The minimum Gasteiger partial charge on any atom is -0.310 e. The quantitative estimate of drug-likeness (QED) is 0.764. The first kappa shape index (κ1) is 15.7. The number of hydrogen-bond donors (Lipinski definition) is 1. The highest BCUT2D eigenvalue weighted by Gasteiger charge is 2.33. The maximum Gasteiger partial charge on any atom is 0.226 e. The van der Waals surface area contributed by atoms with Crippen molar-refractivity contribution in [3.63, 3.8) is 0 Å². The van der Waals surface area contributed by atoms with Crippen LogP contribution in [0.1, 0.15) is 29.2 Å². The van der Waals surface area contributed by atoms with Crippen LogP contribution in [0.3, 0.4) is 0 Å². The number of halogens is 2.